The van der Waals surface area contributed by atoms with Gasteiger partial charge in [-0.3, -0.25) is 0 Å². The van der Waals surface area contributed by atoms with Crippen LogP contribution in [0, 0.1) is 6.92 Å². The highest BCUT2D eigenvalue weighted by molar-refractivity contribution is 5.87. The number of hydrogen-bond donors (Lipinski definition) is 1. The minimum atomic E-state index is 1.21. The number of aromatic amines is 1. The van der Waals surface area contributed by atoms with Crippen molar-refractivity contribution in [3.63, 3.8) is 0 Å². The van der Waals surface area contributed by atoms with E-state index in [1.54, 1.807) is 0 Å². The van der Waals surface area contributed by atoms with Crippen molar-refractivity contribution in [1.82, 2.24) is 4.98 Å². The highest BCUT2D eigenvalue weighted by Gasteiger charge is 2.02. The molecule has 0 aliphatic heterocycles. The Bertz CT molecular complexity index is 620. The molecule has 0 bridgehead atoms. The first kappa shape index (κ1) is 9.22. The molecule has 0 saturated heterocycles. The minimum Gasteiger partial charge on any atom is -0.361 e. The van der Waals surface area contributed by atoms with Gasteiger partial charge in [0.2, 0.25) is 0 Å². The number of aromatic nitrogens is 1. The van der Waals surface area contributed by atoms with Crippen molar-refractivity contribution in [1.29, 1.82) is 0 Å². The molecular formula is C15H13N. The molecule has 0 spiro atoms. The van der Waals surface area contributed by atoms with Crippen LogP contribution in [0.3, 0.4) is 0 Å². The van der Waals surface area contributed by atoms with Crippen LogP contribution in [-0.4, -0.2) is 4.98 Å². The highest BCUT2D eigenvalue weighted by Crippen LogP contribution is 2.26. The maximum atomic E-state index is 3.27. The second kappa shape index (κ2) is 3.53. The van der Waals surface area contributed by atoms with Crippen LogP contribution in [0.1, 0.15) is 5.56 Å². The van der Waals surface area contributed by atoms with Crippen LogP contribution in [0.2, 0.25) is 0 Å². The zero-order valence-corrected chi connectivity index (χ0v) is 9.20. The van der Waals surface area contributed by atoms with E-state index in [1.807, 2.05) is 12.3 Å². The summed E-state index contributed by atoms with van der Waals surface area (Å²) in [6, 6.07) is 17.0. The van der Waals surface area contributed by atoms with Gasteiger partial charge in [-0.05, 0) is 35.7 Å². The molecule has 0 fully saturated rings. The first-order valence-electron chi connectivity index (χ1n) is 5.48. The number of benzene rings is 2. The van der Waals surface area contributed by atoms with E-state index < -0.39 is 0 Å². The average molecular weight is 207 g/mol. The standard InChI is InChI=1S/C15H13N/c1-11-9-13(12-5-3-2-4-6-12)10-15-14(11)7-8-16-15/h2-10,16H,1H3. The van der Waals surface area contributed by atoms with Crippen LogP contribution in [0.15, 0.2) is 54.7 Å². The molecule has 0 unspecified atom stereocenters. The van der Waals surface area contributed by atoms with Crippen molar-refractivity contribution in [2.75, 3.05) is 0 Å². The Kier molecular flexibility index (Phi) is 2.03. The van der Waals surface area contributed by atoms with E-state index in [-0.39, 0.29) is 0 Å². The van der Waals surface area contributed by atoms with E-state index in [4.69, 9.17) is 0 Å². The number of nitrogens with one attached hydrogen (secondary N) is 1. The maximum Gasteiger partial charge on any atom is 0.0462 e. The Morgan fingerprint density at radius 3 is 2.50 bits per heavy atom. The molecule has 1 heteroatoms. The lowest BCUT2D eigenvalue weighted by Gasteiger charge is -2.04. The second-order valence-electron chi connectivity index (χ2n) is 4.10. The molecule has 1 aromatic heterocycles. The molecule has 3 rings (SSSR count). The molecule has 0 aliphatic rings. The third-order valence-corrected chi connectivity index (χ3v) is 2.98. The van der Waals surface area contributed by atoms with Crippen molar-refractivity contribution in [2.45, 2.75) is 6.92 Å². The van der Waals surface area contributed by atoms with E-state index in [2.05, 4.69) is 54.4 Å². The summed E-state index contributed by atoms with van der Waals surface area (Å²) in [4.78, 5) is 3.27. The Labute approximate surface area is 94.7 Å². The van der Waals surface area contributed by atoms with Gasteiger partial charge >= 0.3 is 0 Å². The molecule has 0 atom stereocenters. The van der Waals surface area contributed by atoms with Gasteiger partial charge in [-0.15, -0.1) is 0 Å². The summed E-state index contributed by atoms with van der Waals surface area (Å²) >= 11 is 0. The van der Waals surface area contributed by atoms with Crippen LogP contribution in [0.5, 0.6) is 0 Å². The van der Waals surface area contributed by atoms with E-state index in [9.17, 15) is 0 Å². The molecule has 1 N–H and O–H groups in total. The minimum absolute atomic E-state index is 1.21. The van der Waals surface area contributed by atoms with E-state index in [0.717, 1.165) is 0 Å². The van der Waals surface area contributed by atoms with E-state index in [0.29, 0.717) is 0 Å². The molecule has 0 amide bonds. The zero-order valence-electron chi connectivity index (χ0n) is 9.20. The number of fused-ring (bicyclic) bond motifs is 1. The smallest absolute Gasteiger partial charge is 0.0462 e. The monoisotopic (exact) mass is 207 g/mol. The summed E-state index contributed by atoms with van der Waals surface area (Å²) in [5.74, 6) is 0. The predicted molar refractivity (Wildman–Crippen MR) is 68.5 cm³/mol. The lowest BCUT2D eigenvalue weighted by molar-refractivity contribution is 1.46. The molecule has 16 heavy (non-hydrogen) atoms. The second-order valence-corrected chi connectivity index (χ2v) is 4.10. The molecular weight excluding hydrogens is 194 g/mol. The number of H-pyrrole nitrogens is 1. The van der Waals surface area contributed by atoms with Gasteiger partial charge in [-0.2, -0.15) is 0 Å². The van der Waals surface area contributed by atoms with E-state index in [1.165, 1.54) is 27.6 Å². The molecule has 3 aromatic rings. The van der Waals surface area contributed by atoms with Crippen molar-refractivity contribution in [3.8, 4) is 11.1 Å². The fourth-order valence-corrected chi connectivity index (χ4v) is 2.15. The molecule has 0 aliphatic carbocycles. The summed E-state index contributed by atoms with van der Waals surface area (Å²) in [5.41, 5.74) is 5.06. The number of hydrogen-bond acceptors (Lipinski definition) is 0. The Morgan fingerprint density at radius 2 is 1.69 bits per heavy atom. The van der Waals surface area contributed by atoms with Crippen molar-refractivity contribution in [3.05, 3.63) is 60.3 Å². The largest absolute Gasteiger partial charge is 0.361 e. The Balaban J connectivity index is 2.25. The van der Waals surface area contributed by atoms with E-state index >= 15 is 0 Å². The van der Waals surface area contributed by atoms with Crippen LogP contribution >= 0.6 is 0 Å². The summed E-state index contributed by atoms with van der Waals surface area (Å²) in [6.45, 7) is 2.16. The molecule has 78 valence electrons. The summed E-state index contributed by atoms with van der Waals surface area (Å²) < 4.78 is 0. The first-order chi connectivity index (χ1) is 7.84. The van der Waals surface area contributed by atoms with Gasteiger partial charge in [0.25, 0.3) is 0 Å². The lowest BCUT2D eigenvalue weighted by atomic mass is 10.0. The number of aryl methyl sites for hydroxylation is 1. The lowest BCUT2D eigenvalue weighted by Crippen LogP contribution is -1.81. The normalized spacial score (nSPS) is 10.8. The number of rotatable bonds is 1. The quantitative estimate of drug-likeness (QED) is 0.617. The fourth-order valence-electron chi connectivity index (χ4n) is 2.15. The SMILES string of the molecule is Cc1cc(-c2ccccc2)cc2[nH]ccc12. The summed E-state index contributed by atoms with van der Waals surface area (Å²) in [6.07, 6.45) is 1.99. The third kappa shape index (κ3) is 1.41. The van der Waals surface area contributed by atoms with Gasteiger partial charge in [0, 0.05) is 17.1 Å². The Hall–Kier alpha value is -2.02. The summed E-state index contributed by atoms with van der Waals surface area (Å²) in [7, 11) is 0. The maximum absolute atomic E-state index is 3.27. The van der Waals surface area contributed by atoms with Crippen LogP contribution < -0.4 is 0 Å². The van der Waals surface area contributed by atoms with Crippen molar-refractivity contribution in [2.24, 2.45) is 0 Å². The fraction of sp³-hybridized carbons (Fsp3) is 0.0667. The van der Waals surface area contributed by atoms with Gasteiger partial charge in [0.15, 0.2) is 0 Å². The third-order valence-electron chi connectivity index (χ3n) is 2.98. The van der Waals surface area contributed by atoms with Crippen molar-refractivity contribution >= 4 is 10.9 Å². The average Bonchev–Trinajstić information content (AvgIpc) is 2.79. The van der Waals surface area contributed by atoms with Gasteiger partial charge in [0.1, 0.15) is 0 Å². The van der Waals surface area contributed by atoms with Crippen LogP contribution in [0.25, 0.3) is 22.0 Å². The highest BCUT2D eigenvalue weighted by atomic mass is 14.7. The first-order valence-corrected chi connectivity index (χ1v) is 5.48. The Morgan fingerprint density at radius 1 is 0.875 bits per heavy atom. The van der Waals surface area contributed by atoms with Gasteiger partial charge in [0.05, 0.1) is 0 Å². The van der Waals surface area contributed by atoms with Gasteiger partial charge in [-0.1, -0.05) is 36.4 Å². The predicted octanol–water partition coefficient (Wildman–Crippen LogP) is 4.14. The van der Waals surface area contributed by atoms with Crippen LogP contribution in [-0.2, 0) is 0 Å². The van der Waals surface area contributed by atoms with Crippen molar-refractivity contribution < 1.29 is 0 Å². The van der Waals surface area contributed by atoms with Crippen LogP contribution in [0.4, 0.5) is 0 Å². The molecule has 0 saturated carbocycles. The topological polar surface area (TPSA) is 15.8 Å². The molecule has 2 aromatic carbocycles. The zero-order chi connectivity index (χ0) is 11.0. The molecule has 1 heterocycles. The molecule has 1 nitrogen and oxygen atoms in total. The van der Waals surface area contributed by atoms with Gasteiger partial charge < -0.3 is 4.98 Å². The summed E-state index contributed by atoms with van der Waals surface area (Å²) in [5, 5.41) is 1.31. The van der Waals surface area contributed by atoms with Gasteiger partial charge in [-0.25, -0.2) is 0 Å². The molecule has 0 radical (unpaired) electrons.